The van der Waals surface area contributed by atoms with Crippen LogP contribution in [0.25, 0.3) is 0 Å². The van der Waals surface area contributed by atoms with Gasteiger partial charge in [0.2, 0.25) is 10.0 Å². The first-order chi connectivity index (χ1) is 9.46. The van der Waals surface area contributed by atoms with Crippen LogP contribution in [0, 0.1) is 6.92 Å². The van der Waals surface area contributed by atoms with Gasteiger partial charge in [-0.2, -0.15) is 4.31 Å². The topological polar surface area (TPSA) is 70.5 Å². The van der Waals surface area contributed by atoms with Crippen LogP contribution >= 0.6 is 11.3 Å². The smallest absolute Gasteiger partial charge is 0.243 e. The molecule has 0 saturated carbocycles. The van der Waals surface area contributed by atoms with E-state index in [1.54, 1.807) is 23.7 Å². The third kappa shape index (κ3) is 2.90. The molecule has 1 N–H and O–H groups in total. The van der Waals surface area contributed by atoms with E-state index in [-0.39, 0.29) is 18.0 Å². The van der Waals surface area contributed by atoms with Crippen molar-refractivity contribution >= 4 is 21.4 Å². The van der Waals surface area contributed by atoms with Gasteiger partial charge in [0.1, 0.15) is 0 Å². The summed E-state index contributed by atoms with van der Waals surface area (Å²) in [6, 6.07) is 6.48. The van der Waals surface area contributed by atoms with Crippen LogP contribution in [0.4, 0.5) is 0 Å². The van der Waals surface area contributed by atoms with Gasteiger partial charge in [0.05, 0.1) is 22.7 Å². The fourth-order valence-electron chi connectivity index (χ4n) is 1.82. The number of aliphatic hydroxyl groups excluding tert-OH is 1. The van der Waals surface area contributed by atoms with Gasteiger partial charge < -0.3 is 5.11 Å². The Morgan fingerprint density at radius 1 is 1.35 bits per heavy atom. The SMILES string of the molecule is Cc1ncsc1CN(C)S(=O)(=O)c1ccccc1CO. The normalized spacial score (nSPS) is 12.0. The molecule has 108 valence electrons. The van der Waals surface area contributed by atoms with E-state index in [4.69, 9.17) is 0 Å². The summed E-state index contributed by atoms with van der Waals surface area (Å²) in [6.07, 6.45) is 0. The molecule has 20 heavy (non-hydrogen) atoms. The maximum Gasteiger partial charge on any atom is 0.243 e. The van der Waals surface area contributed by atoms with Crippen LogP contribution in [-0.2, 0) is 23.2 Å². The molecular weight excluding hydrogens is 296 g/mol. The number of nitrogens with zero attached hydrogens (tertiary/aromatic N) is 2. The molecule has 0 aliphatic carbocycles. The molecule has 0 radical (unpaired) electrons. The van der Waals surface area contributed by atoms with Crippen molar-refractivity contribution in [2.24, 2.45) is 0 Å². The molecule has 0 unspecified atom stereocenters. The highest BCUT2D eigenvalue weighted by molar-refractivity contribution is 7.89. The van der Waals surface area contributed by atoms with Gasteiger partial charge in [0, 0.05) is 18.5 Å². The summed E-state index contributed by atoms with van der Waals surface area (Å²) in [5.41, 5.74) is 2.94. The lowest BCUT2D eigenvalue weighted by molar-refractivity contribution is 0.278. The van der Waals surface area contributed by atoms with Crippen molar-refractivity contribution in [1.82, 2.24) is 9.29 Å². The zero-order valence-electron chi connectivity index (χ0n) is 11.3. The van der Waals surface area contributed by atoms with Crippen molar-refractivity contribution in [3.8, 4) is 0 Å². The highest BCUT2D eigenvalue weighted by Gasteiger charge is 2.24. The van der Waals surface area contributed by atoms with E-state index in [1.165, 1.54) is 28.8 Å². The summed E-state index contributed by atoms with van der Waals surface area (Å²) < 4.78 is 26.4. The predicted molar refractivity (Wildman–Crippen MR) is 77.9 cm³/mol. The average Bonchev–Trinajstić information content (AvgIpc) is 2.84. The Morgan fingerprint density at radius 3 is 2.65 bits per heavy atom. The van der Waals surface area contributed by atoms with Gasteiger partial charge in [-0.3, -0.25) is 0 Å². The molecule has 2 aromatic rings. The van der Waals surface area contributed by atoms with Crippen molar-refractivity contribution in [3.05, 3.63) is 45.9 Å². The van der Waals surface area contributed by atoms with Gasteiger partial charge >= 0.3 is 0 Å². The molecule has 0 amide bonds. The molecule has 1 aromatic carbocycles. The minimum absolute atomic E-state index is 0.146. The third-order valence-corrected chi connectivity index (χ3v) is 5.87. The Kier molecular flexibility index (Phi) is 4.54. The number of thiazole rings is 1. The quantitative estimate of drug-likeness (QED) is 0.913. The Labute approximate surface area is 122 Å². The highest BCUT2D eigenvalue weighted by Crippen LogP contribution is 2.22. The molecule has 0 aliphatic heterocycles. The van der Waals surface area contributed by atoms with Crippen molar-refractivity contribution in [2.75, 3.05) is 7.05 Å². The van der Waals surface area contributed by atoms with Crippen molar-refractivity contribution in [3.63, 3.8) is 0 Å². The number of benzene rings is 1. The fourth-order valence-corrected chi connectivity index (χ4v) is 4.08. The second-order valence-electron chi connectivity index (χ2n) is 4.39. The number of hydrogen-bond donors (Lipinski definition) is 1. The standard InChI is InChI=1S/C13H16N2O3S2/c1-10-12(19-9-14-10)7-15(2)20(17,18)13-6-4-3-5-11(13)8-16/h3-6,9,16H,7-8H2,1-2H3. The number of aryl methyl sites for hydroxylation is 1. The van der Waals surface area contributed by atoms with Crippen LogP contribution in [0.2, 0.25) is 0 Å². The second-order valence-corrected chi connectivity index (χ2v) is 7.34. The minimum Gasteiger partial charge on any atom is -0.392 e. The van der Waals surface area contributed by atoms with Crippen molar-refractivity contribution in [1.29, 1.82) is 0 Å². The number of sulfonamides is 1. The van der Waals surface area contributed by atoms with Gasteiger partial charge in [-0.25, -0.2) is 13.4 Å². The van der Waals surface area contributed by atoms with E-state index in [2.05, 4.69) is 4.98 Å². The van der Waals surface area contributed by atoms with Crippen LogP contribution in [-0.4, -0.2) is 29.9 Å². The maximum absolute atomic E-state index is 12.5. The lowest BCUT2D eigenvalue weighted by Crippen LogP contribution is -2.27. The van der Waals surface area contributed by atoms with Crippen LogP contribution in [0.3, 0.4) is 0 Å². The summed E-state index contributed by atoms with van der Waals surface area (Å²) in [5, 5.41) is 9.27. The minimum atomic E-state index is -3.62. The lowest BCUT2D eigenvalue weighted by Gasteiger charge is -2.18. The first-order valence-electron chi connectivity index (χ1n) is 6.01. The third-order valence-electron chi connectivity index (χ3n) is 3.04. The van der Waals surface area contributed by atoms with Gasteiger partial charge in [-0.15, -0.1) is 11.3 Å². The van der Waals surface area contributed by atoms with Gasteiger partial charge in [-0.05, 0) is 18.6 Å². The second kappa shape index (κ2) is 6.01. The van der Waals surface area contributed by atoms with E-state index in [0.717, 1.165) is 10.6 Å². The van der Waals surface area contributed by atoms with Crippen LogP contribution in [0.15, 0.2) is 34.7 Å². The van der Waals surface area contributed by atoms with Gasteiger partial charge in [0.25, 0.3) is 0 Å². The summed E-state index contributed by atoms with van der Waals surface area (Å²) in [4.78, 5) is 5.18. The predicted octanol–water partition coefficient (Wildman–Crippen LogP) is 1.76. The molecule has 0 bridgehead atoms. The van der Waals surface area contributed by atoms with Crippen molar-refractivity contribution in [2.45, 2.75) is 25.0 Å². The van der Waals surface area contributed by atoms with E-state index >= 15 is 0 Å². The zero-order chi connectivity index (χ0) is 14.8. The Hall–Kier alpha value is -1.28. The summed E-state index contributed by atoms with van der Waals surface area (Å²) in [7, 11) is -2.09. The molecule has 0 spiro atoms. The highest BCUT2D eigenvalue weighted by atomic mass is 32.2. The summed E-state index contributed by atoms with van der Waals surface area (Å²) in [6.45, 7) is 1.83. The summed E-state index contributed by atoms with van der Waals surface area (Å²) in [5.74, 6) is 0. The van der Waals surface area contributed by atoms with Crippen LogP contribution in [0.1, 0.15) is 16.1 Å². The molecule has 5 nitrogen and oxygen atoms in total. The number of hydrogen-bond acceptors (Lipinski definition) is 5. The molecule has 1 aromatic heterocycles. The molecule has 7 heteroatoms. The number of aromatic nitrogens is 1. The first kappa shape index (κ1) is 15.1. The fraction of sp³-hybridized carbons (Fsp3) is 0.308. The molecule has 0 saturated heterocycles. The molecule has 0 fully saturated rings. The first-order valence-corrected chi connectivity index (χ1v) is 8.33. The monoisotopic (exact) mass is 312 g/mol. The molecule has 2 rings (SSSR count). The average molecular weight is 312 g/mol. The molecule has 0 aliphatic rings. The Morgan fingerprint density at radius 2 is 2.05 bits per heavy atom. The molecule has 0 atom stereocenters. The van der Waals surface area contributed by atoms with Crippen molar-refractivity contribution < 1.29 is 13.5 Å². The molecular formula is C13H16N2O3S2. The lowest BCUT2D eigenvalue weighted by atomic mass is 10.2. The van der Waals surface area contributed by atoms with E-state index in [1.807, 2.05) is 6.92 Å². The van der Waals surface area contributed by atoms with Crippen LogP contribution in [0.5, 0.6) is 0 Å². The van der Waals surface area contributed by atoms with Gasteiger partial charge in [-0.1, -0.05) is 18.2 Å². The Bertz CT molecular complexity index is 695. The van der Waals surface area contributed by atoms with E-state index in [0.29, 0.717) is 5.56 Å². The number of rotatable bonds is 5. The number of aliphatic hydroxyl groups is 1. The van der Waals surface area contributed by atoms with Crippen LogP contribution < -0.4 is 0 Å². The molecule has 1 heterocycles. The van der Waals surface area contributed by atoms with Gasteiger partial charge in [0.15, 0.2) is 0 Å². The van der Waals surface area contributed by atoms with E-state index < -0.39 is 10.0 Å². The largest absolute Gasteiger partial charge is 0.392 e. The maximum atomic E-state index is 12.5. The summed E-state index contributed by atoms with van der Waals surface area (Å²) >= 11 is 1.43. The van der Waals surface area contributed by atoms with E-state index in [9.17, 15) is 13.5 Å². The Balaban J connectivity index is 2.32. The zero-order valence-corrected chi connectivity index (χ0v) is 12.9.